The zero-order chi connectivity index (χ0) is 21.8. The molecule has 0 fully saturated rings. The predicted molar refractivity (Wildman–Crippen MR) is 117 cm³/mol. The first kappa shape index (κ1) is 21.9. The molecule has 1 aliphatic rings. The molecule has 2 atom stereocenters. The van der Waals surface area contributed by atoms with Crippen molar-refractivity contribution in [3.63, 3.8) is 0 Å². The maximum absolute atomic E-state index is 12.3. The van der Waals surface area contributed by atoms with Gasteiger partial charge in [0.05, 0.1) is 18.3 Å². The number of nitrogens with one attached hydrogen (secondary N) is 1. The number of hydrogen-bond acceptors (Lipinski definition) is 4. The third-order valence-electron chi connectivity index (χ3n) is 5.36. The summed E-state index contributed by atoms with van der Waals surface area (Å²) in [6.45, 7) is 10.3. The third kappa shape index (κ3) is 4.83. The van der Waals surface area contributed by atoms with Gasteiger partial charge in [0.1, 0.15) is 0 Å². The van der Waals surface area contributed by atoms with Crippen molar-refractivity contribution in [2.45, 2.75) is 78.6 Å². The van der Waals surface area contributed by atoms with Gasteiger partial charge >= 0.3 is 6.09 Å². The summed E-state index contributed by atoms with van der Waals surface area (Å²) >= 11 is 0. The van der Waals surface area contributed by atoms with Crippen LogP contribution in [0.25, 0.3) is 11.1 Å². The van der Waals surface area contributed by atoms with Gasteiger partial charge in [0.2, 0.25) is 5.91 Å². The first-order valence-corrected chi connectivity index (χ1v) is 10.7. The van der Waals surface area contributed by atoms with Crippen molar-refractivity contribution in [1.29, 1.82) is 0 Å². The van der Waals surface area contributed by atoms with Crippen molar-refractivity contribution < 1.29 is 14.3 Å². The number of nitrogens with zero attached hydrogens (tertiary/aromatic N) is 3. The van der Waals surface area contributed by atoms with Crippen molar-refractivity contribution in [2.24, 2.45) is 0 Å². The van der Waals surface area contributed by atoms with Crippen LogP contribution >= 0.6 is 0 Å². The van der Waals surface area contributed by atoms with Crippen molar-refractivity contribution >= 4 is 17.7 Å². The van der Waals surface area contributed by atoms with Gasteiger partial charge in [-0.25, -0.2) is 4.79 Å². The maximum Gasteiger partial charge on any atom is 0.407 e. The molecule has 2 heterocycles. The molecular weight excluding hydrogens is 380 g/mol. The number of benzene rings is 1. The van der Waals surface area contributed by atoms with Crippen LogP contribution in [0, 0.1) is 0 Å². The zero-order valence-electron chi connectivity index (χ0n) is 18.5. The number of hydrogen-bond donors (Lipinski definition) is 1. The molecule has 1 aliphatic heterocycles. The Hall–Kier alpha value is -2.83. The van der Waals surface area contributed by atoms with Crippen molar-refractivity contribution in [2.75, 3.05) is 4.90 Å². The predicted octanol–water partition coefficient (Wildman–Crippen LogP) is 4.67. The monoisotopic (exact) mass is 412 g/mol. The smallest absolute Gasteiger partial charge is 0.407 e. The molecule has 162 valence electrons. The molecule has 1 aromatic heterocycles. The minimum Gasteiger partial charge on any atom is -0.447 e. The van der Waals surface area contributed by atoms with Crippen LogP contribution in [0.4, 0.5) is 10.5 Å². The molecule has 0 unspecified atom stereocenters. The van der Waals surface area contributed by atoms with Gasteiger partial charge in [0.25, 0.3) is 0 Å². The number of carbonyl (C=O) groups is 2. The fourth-order valence-electron chi connectivity index (χ4n) is 4.01. The van der Waals surface area contributed by atoms with E-state index in [1.54, 1.807) is 11.8 Å². The van der Waals surface area contributed by atoms with E-state index in [1.807, 2.05) is 50.0 Å². The Morgan fingerprint density at radius 3 is 2.73 bits per heavy atom. The zero-order valence-corrected chi connectivity index (χ0v) is 18.5. The Labute approximate surface area is 178 Å². The van der Waals surface area contributed by atoms with Gasteiger partial charge < -0.3 is 15.0 Å². The summed E-state index contributed by atoms with van der Waals surface area (Å²) in [6.07, 6.45) is 6.09. The van der Waals surface area contributed by atoms with Crippen LogP contribution in [-0.4, -0.2) is 33.9 Å². The van der Waals surface area contributed by atoms with E-state index >= 15 is 0 Å². The Balaban J connectivity index is 1.95. The van der Waals surface area contributed by atoms with Gasteiger partial charge in [-0.3, -0.25) is 9.48 Å². The minimum absolute atomic E-state index is 0.00732. The molecule has 0 saturated heterocycles. The fraction of sp³-hybridized carbons (Fsp3) is 0.522. The Morgan fingerprint density at radius 1 is 1.30 bits per heavy atom. The lowest BCUT2D eigenvalue weighted by Gasteiger charge is -2.39. The van der Waals surface area contributed by atoms with Crippen LogP contribution in [0.3, 0.4) is 0 Å². The number of amides is 2. The van der Waals surface area contributed by atoms with Gasteiger partial charge in [0.15, 0.2) is 0 Å². The summed E-state index contributed by atoms with van der Waals surface area (Å²) in [5.41, 5.74) is 3.78. The summed E-state index contributed by atoms with van der Waals surface area (Å²) in [4.78, 5) is 26.4. The van der Waals surface area contributed by atoms with E-state index in [0.29, 0.717) is 6.42 Å². The molecule has 0 aliphatic carbocycles. The van der Waals surface area contributed by atoms with Gasteiger partial charge in [-0.2, -0.15) is 5.10 Å². The highest BCUT2D eigenvalue weighted by Gasteiger charge is 2.33. The molecule has 0 bridgehead atoms. The molecule has 30 heavy (non-hydrogen) atoms. The number of aryl methyl sites for hydroxylation is 1. The number of carbonyl (C=O) groups excluding carboxylic acids is 2. The molecule has 2 amide bonds. The van der Waals surface area contributed by atoms with Crippen LogP contribution in [-0.2, 0) is 16.1 Å². The lowest BCUT2D eigenvalue weighted by molar-refractivity contribution is -0.117. The quantitative estimate of drug-likeness (QED) is 0.748. The summed E-state index contributed by atoms with van der Waals surface area (Å²) < 4.78 is 7.25. The standard InChI is InChI=1S/C23H32N4O3/c1-6-7-10-26-14-19(13-24-26)18-8-9-22-20(12-18)21(25-23(29)30-15(2)3)11-16(4)27(22)17(5)28/h8-9,12-16,21H,6-7,10-11H2,1-5H3,(H,25,29)/t16-,21+/m0/s1. The first-order chi connectivity index (χ1) is 14.3. The molecule has 1 aromatic carbocycles. The van der Waals surface area contributed by atoms with E-state index in [-0.39, 0.29) is 24.1 Å². The molecule has 7 heteroatoms. The number of alkyl carbamates (subject to hydrolysis) is 1. The molecule has 2 aromatic rings. The second-order valence-corrected chi connectivity index (χ2v) is 8.24. The normalized spacial score (nSPS) is 18.3. The Kier molecular flexibility index (Phi) is 6.80. The molecule has 0 spiro atoms. The van der Waals surface area contributed by atoms with E-state index < -0.39 is 6.09 Å². The molecule has 0 radical (unpaired) electrons. The largest absolute Gasteiger partial charge is 0.447 e. The van der Waals surface area contributed by atoms with Gasteiger partial charge in [-0.1, -0.05) is 19.4 Å². The summed E-state index contributed by atoms with van der Waals surface area (Å²) in [5, 5.41) is 7.45. The maximum atomic E-state index is 12.3. The van der Waals surface area contributed by atoms with E-state index in [0.717, 1.165) is 41.8 Å². The number of rotatable bonds is 6. The second-order valence-electron chi connectivity index (χ2n) is 8.24. The van der Waals surface area contributed by atoms with Crippen molar-refractivity contribution in [1.82, 2.24) is 15.1 Å². The van der Waals surface area contributed by atoms with Crippen LogP contribution in [0.1, 0.15) is 65.5 Å². The molecule has 7 nitrogen and oxygen atoms in total. The van der Waals surface area contributed by atoms with E-state index in [1.165, 1.54) is 0 Å². The average Bonchev–Trinajstić information content (AvgIpc) is 3.14. The highest BCUT2D eigenvalue weighted by atomic mass is 16.6. The Bertz CT molecular complexity index is 906. The van der Waals surface area contributed by atoms with Crippen LogP contribution in [0.5, 0.6) is 0 Å². The fourth-order valence-corrected chi connectivity index (χ4v) is 4.01. The lowest BCUT2D eigenvalue weighted by Crippen LogP contribution is -2.45. The third-order valence-corrected chi connectivity index (χ3v) is 5.36. The SMILES string of the molecule is CCCCn1cc(-c2ccc3c(c2)[C@H](NC(=O)OC(C)C)C[C@H](C)N3C(C)=O)cn1. The lowest BCUT2D eigenvalue weighted by atomic mass is 9.89. The second kappa shape index (κ2) is 9.32. The van der Waals surface area contributed by atoms with Crippen LogP contribution < -0.4 is 10.2 Å². The molecule has 3 rings (SSSR count). The van der Waals surface area contributed by atoms with Gasteiger partial charge in [0, 0.05) is 37.0 Å². The molecule has 0 saturated carbocycles. The molecular formula is C23H32N4O3. The van der Waals surface area contributed by atoms with Crippen LogP contribution in [0.2, 0.25) is 0 Å². The van der Waals surface area contributed by atoms with Gasteiger partial charge in [-0.15, -0.1) is 0 Å². The topological polar surface area (TPSA) is 76.5 Å². The first-order valence-electron chi connectivity index (χ1n) is 10.7. The Morgan fingerprint density at radius 2 is 2.07 bits per heavy atom. The summed E-state index contributed by atoms with van der Waals surface area (Å²) in [5.74, 6) is -0.00732. The number of anilines is 1. The number of fused-ring (bicyclic) bond motifs is 1. The number of aromatic nitrogens is 2. The van der Waals surface area contributed by atoms with Crippen molar-refractivity contribution in [3.05, 3.63) is 36.2 Å². The highest BCUT2D eigenvalue weighted by molar-refractivity contribution is 5.94. The molecule has 1 N–H and O–H groups in total. The van der Waals surface area contributed by atoms with E-state index in [9.17, 15) is 9.59 Å². The van der Waals surface area contributed by atoms with Crippen LogP contribution in [0.15, 0.2) is 30.6 Å². The van der Waals surface area contributed by atoms with E-state index in [2.05, 4.69) is 23.4 Å². The number of ether oxygens (including phenoxy) is 1. The van der Waals surface area contributed by atoms with E-state index in [4.69, 9.17) is 4.74 Å². The van der Waals surface area contributed by atoms with Crippen molar-refractivity contribution in [3.8, 4) is 11.1 Å². The average molecular weight is 413 g/mol. The van der Waals surface area contributed by atoms with Gasteiger partial charge in [-0.05, 0) is 56.9 Å². The number of unbranched alkanes of at least 4 members (excludes halogenated alkanes) is 1. The summed E-state index contributed by atoms with van der Waals surface area (Å²) in [6, 6.07) is 5.78. The summed E-state index contributed by atoms with van der Waals surface area (Å²) in [7, 11) is 0. The highest BCUT2D eigenvalue weighted by Crippen LogP contribution is 2.39. The minimum atomic E-state index is -0.442.